The third-order valence-electron chi connectivity index (χ3n) is 2.04. The van der Waals surface area contributed by atoms with Crippen molar-refractivity contribution in [3.63, 3.8) is 0 Å². The number of rotatable bonds is 3. The first-order valence-electron chi connectivity index (χ1n) is 4.14. The molecule has 0 aliphatic heterocycles. The number of hydrogen-bond donors (Lipinski definition) is 1. The second kappa shape index (κ2) is 4.77. The summed E-state index contributed by atoms with van der Waals surface area (Å²) >= 11 is 9.86. The van der Waals surface area contributed by atoms with Crippen LogP contribution in [0.4, 0.5) is 0 Å². The van der Waals surface area contributed by atoms with Crippen LogP contribution in [-0.2, 0) is 0 Å². The molecular formula is C10H13ClOS. The summed E-state index contributed by atoms with van der Waals surface area (Å²) in [5.41, 5.74) is 2.30. The van der Waals surface area contributed by atoms with Crippen molar-refractivity contribution in [3.05, 3.63) is 23.3 Å². The molecule has 1 aromatic carbocycles. The average molecular weight is 217 g/mol. The van der Waals surface area contributed by atoms with Crippen LogP contribution in [0.5, 0.6) is 5.75 Å². The van der Waals surface area contributed by atoms with E-state index in [9.17, 15) is 0 Å². The van der Waals surface area contributed by atoms with Gasteiger partial charge in [0.25, 0.3) is 0 Å². The molecule has 0 unspecified atom stereocenters. The molecule has 0 aromatic heterocycles. The number of halogens is 1. The van der Waals surface area contributed by atoms with Crippen molar-refractivity contribution in [3.8, 4) is 5.75 Å². The number of benzene rings is 1. The summed E-state index contributed by atoms with van der Waals surface area (Å²) in [5, 5.41) is 0. The molecular weight excluding hydrogens is 204 g/mol. The summed E-state index contributed by atoms with van der Waals surface area (Å²) in [6.07, 6.45) is 0. The average Bonchev–Trinajstić information content (AvgIpc) is 2.13. The third-order valence-corrected chi connectivity index (χ3v) is 2.68. The van der Waals surface area contributed by atoms with Gasteiger partial charge in [0.05, 0.1) is 5.88 Å². The first-order valence-corrected chi connectivity index (χ1v) is 5.13. The van der Waals surface area contributed by atoms with Gasteiger partial charge < -0.3 is 4.74 Å². The zero-order valence-corrected chi connectivity index (χ0v) is 9.45. The van der Waals surface area contributed by atoms with E-state index in [-0.39, 0.29) is 0 Å². The Labute approximate surface area is 89.5 Å². The second-order valence-corrected chi connectivity index (χ2v) is 3.73. The molecule has 0 atom stereocenters. The minimum absolute atomic E-state index is 0.515. The van der Waals surface area contributed by atoms with E-state index in [1.807, 2.05) is 26.0 Å². The normalized spacial score (nSPS) is 10.2. The topological polar surface area (TPSA) is 9.23 Å². The van der Waals surface area contributed by atoms with Gasteiger partial charge in [-0.2, -0.15) is 0 Å². The minimum Gasteiger partial charge on any atom is -0.492 e. The Balaban J connectivity index is 2.90. The van der Waals surface area contributed by atoms with E-state index in [0.29, 0.717) is 12.5 Å². The maximum Gasteiger partial charge on any atom is 0.122 e. The van der Waals surface area contributed by atoms with Crippen molar-refractivity contribution in [2.75, 3.05) is 12.5 Å². The van der Waals surface area contributed by atoms with Gasteiger partial charge in [-0.05, 0) is 37.1 Å². The van der Waals surface area contributed by atoms with Crippen LogP contribution in [-0.4, -0.2) is 12.5 Å². The van der Waals surface area contributed by atoms with E-state index in [1.54, 1.807) is 0 Å². The van der Waals surface area contributed by atoms with Crippen LogP contribution in [0, 0.1) is 13.8 Å². The zero-order valence-electron chi connectivity index (χ0n) is 7.80. The highest BCUT2D eigenvalue weighted by molar-refractivity contribution is 7.80. The Kier molecular flexibility index (Phi) is 3.94. The van der Waals surface area contributed by atoms with E-state index in [4.69, 9.17) is 16.3 Å². The fourth-order valence-electron chi connectivity index (χ4n) is 1.09. The lowest BCUT2D eigenvalue weighted by atomic mass is 10.1. The number of ether oxygens (including phenoxy) is 1. The molecule has 13 heavy (non-hydrogen) atoms. The predicted octanol–water partition coefficient (Wildman–Crippen LogP) is 3.21. The molecule has 0 bridgehead atoms. The van der Waals surface area contributed by atoms with Gasteiger partial charge in [-0.15, -0.1) is 24.2 Å². The van der Waals surface area contributed by atoms with Crippen molar-refractivity contribution in [1.29, 1.82) is 0 Å². The molecule has 0 aliphatic rings. The molecule has 0 saturated carbocycles. The molecule has 1 aromatic rings. The Morgan fingerprint density at radius 2 is 2.00 bits per heavy atom. The smallest absolute Gasteiger partial charge is 0.122 e. The SMILES string of the molecule is Cc1c(S)ccc(OCCCl)c1C. The Hall–Kier alpha value is -0.340. The lowest BCUT2D eigenvalue weighted by Crippen LogP contribution is -2.00. The van der Waals surface area contributed by atoms with Crippen molar-refractivity contribution in [1.82, 2.24) is 0 Å². The van der Waals surface area contributed by atoms with Crippen LogP contribution < -0.4 is 4.74 Å². The molecule has 72 valence electrons. The monoisotopic (exact) mass is 216 g/mol. The Morgan fingerprint density at radius 3 is 2.62 bits per heavy atom. The molecule has 0 aliphatic carbocycles. The lowest BCUT2D eigenvalue weighted by Gasteiger charge is -2.11. The molecule has 0 spiro atoms. The fraction of sp³-hybridized carbons (Fsp3) is 0.400. The number of alkyl halides is 1. The van der Waals surface area contributed by atoms with Gasteiger partial charge in [-0.3, -0.25) is 0 Å². The largest absolute Gasteiger partial charge is 0.492 e. The molecule has 1 rings (SSSR count). The maximum absolute atomic E-state index is 5.53. The molecule has 0 N–H and O–H groups in total. The van der Waals surface area contributed by atoms with E-state index in [2.05, 4.69) is 12.6 Å². The van der Waals surface area contributed by atoms with Crippen molar-refractivity contribution < 1.29 is 4.74 Å². The van der Waals surface area contributed by atoms with Crippen LogP contribution in [0.2, 0.25) is 0 Å². The van der Waals surface area contributed by atoms with Gasteiger partial charge in [-0.1, -0.05) is 0 Å². The molecule has 0 saturated heterocycles. The minimum atomic E-state index is 0.515. The van der Waals surface area contributed by atoms with Crippen molar-refractivity contribution in [2.24, 2.45) is 0 Å². The Morgan fingerprint density at radius 1 is 1.31 bits per heavy atom. The summed E-state index contributed by atoms with van der Waals surface area (Å²) in [6, 6.07) is 3.87. The first-order chi connectivity index (χ1) is 6.16. The van der Waals surface area contributed by atoms with E-state index in [1.165, 1.54) is 0 Å². The quantitative estimate of drug-likeness (QED) is 0.603. The van der Waals surface area contributed by atoms with Crippen LogP contribution in [0.1, 0.15) is 11.1 Å². The maximum atomic E-state index is 5.53. The van der Waals surface area contributed by atoms with Gasteiger partial charge in [0.15, 0.2) is 0 Å². The molecule has 0 fully saturated rings. The number of hydrogen-bond acceptors (Lipinski definition) is 2. The van der Waals surface area contributed by atoms with Crippen molar-refractivity contribution >= 4 is 24.2 Å². The summed E-state index contributed by atoms with van der Waals surface area (Å²) < 4.78 is 5.46. The summed E-state index contributed by atoms with van der Waals surface area (Å²) in [4.78, 5) is 0.996. The van der Waals surface area contributed by atoms with Gasteiger partial charge >= 0.3 is 0 Å². The van der Waals surface area contributed by atoms with Gasteiger partial charge in [0.2, 0.25) is 0 Å². The van der Waals surface area contributed by atoms with E-state index in [0.717, 1.165) is 21.8 Å². The molecule has 0 heterocycles. The van der Waals surface area contributed by atoms with E-state index >= 15 is 0 Å². The van der Waals surface area contributed by atoms with Crippen LogP contribution >= 0.6 is 24.2 Å². The van der Waals surface area contributed by atoms with Gasteiger partial charge in [-0.25, -0.2) is 0 Å². The highest BCUT2D eigenvalue weighted by Gasteiger charge is 2.04. The zero-order chi connectivity index (χ0) is 9.84. The first kappa shape index (κ1) is 10.7. The predicted molar refractivity (Wildman–Crippen MR) is 59.4 cm³/mol. The number of thiol groups is 1. The van der Waals surface area contributed by atoms with Crippen LogP contribution in [0.15, 0.2) is 17.0 Å². The van der Waals surface area contributed by atoms with Crippen LogP contribution in [0.3, 0.4) is 0 Å². The van der Waals surface area contributed by atoms with E-state index < -0.39 is 0 Å². The van der Waals surface area contributed by atoms with Crippen LogP contribution in [0.25, 0.3) is 0 Å². The van der Waals surface area contributed by atoms with Gasteiger partial charge in [0.1, 0.15) is 12.4 Å². The summed E-state index contributed by atoms with van der Waals surface area (Å²) in [7, 11) is 0. The molecule has 3 heteroatoms. The highest BCUT2D eigenvalue weighted by atomic mass is 35.5. The fourth-order valence-corrected chi connectivity index (χ4v) is 1.41. The molecule has 1 nitrogen and oxygen atoms in total. The molecule has 0 radical (unpaired) electrons. The molecule has 0 amide bonds. The third kappa shape index (κ3) is 2.55. The van der Waals surface area contributed by atoms with Gasteiger partial charge in [0, 0.05) is 4.90 Å². The van der Waals surface area contributed by atoms with Crippen molar-refractivity contribution in [2.45, 2.75) is 18.7 Å². The second-order valence-electron chi connectivity index (χ2n) is 2.87. The highest BCUT2D eigenvalue weighted by Crippen LogP contribution is 2.25. The standard InChI is InChI=1S/C10H13ClOS/c1-7-8(2)10(13)4-3-9(7)12-6-5-11/h3-4,13H,5-6H2,1-2H3. The summed E-state index contributed by atoms with van der Waals surface area (Å²) in [6.45, 7) is 4.61. The lowest BCUT2D eigenvalue weighted by molar-refractivity contribution is 0.340. The summed E-state index contributed by atoms with van der Waals surface area (Å²) in [5.74, 6) is 1.41. The Bertz CT molecular complexity index is 299.